The molecular formula is C22H24ClN5O2. The fourth-order valence-corrected chi connectivity index (χ4v) is 3.00. The molecule has 7 nitrogen and oxygen atoms in total. The summed E-state index contributed by atoms with van der Waals surface area (Å²) in [5, 5.41) is 13.0. The number of hydrogen-bond donors (Lipinski definition) is 3. The maximum atomic E-state index is 12.5. The monoisotopic (exact) mass is 425 g/mol. The van der Waals surface area contributed by atoms with Gasteiger partial charge in [0.2, 0.25) is 0 Å². The summed E-state index contributed by atoms with van der Waals surface area (Å²) in [6.07, 6.45) is 1.55. The minimum atomic E-state index is -0.346. The van der Waals surface area contributed by atoms with Crippen molar-refractivity contribution in [1.29, 1.82) is 0 Å². The number of anilines is 2. The predicted molar refractivity (Wildman–Crippen MR) is 120 cm³/mol. The van der Waals surface area contributed by atoms with E-state index in [1.807, 2.05) is 68.4 Å². The Morgan fingerprint density at radius 1 is 1.07 bits per heavy atom. The number of urea groups is 1. The second kappa shape index (κ2) is 9.93. The second-order valence-electron chi connectivity index (χ2n) is 7.12. The Bertz CT molecular complexity index is 1050. The molecule has 0 spiro atoms. The molecule has 0 saturated heterocycles. The number of nitrogens with one attached hydrogen (secondary N) is 3. The van der Waals surface area contributed by atoms with Crippen LogP contribution in [0.4, 0.5) is 16.2 Å². The third kappa shape index (κ3) is 5.84. The highest BCUT2D eigenvalue weighted by molar-refractivity contribution is 6.32. The molecule has 0 bridgehead atoms. The Balaban J connectivity index is 1.61. The maximum Gasteiger partial charge on any atom is 0.319 e. The molecule has 3 aromatic rings. The average Bonchev–Trinajstić information content (AvgIpc) is 2.72. The molecule has 0 aliphatic heterocycles. The van der Waals surface area contributed by atoms with Crippen LogP contribution in [0.25, 0.3) is 0 Å². The zero-order valence-electron chi connectivity index (χ0n) is 16.9. The first-order chi connectivity index (χ1) is 14.4. The van der Waals surface area contributed by atoms with Crippen LogP contribution in [-0.4, -0.2) is 21.9 Å². The van der Waals surface area contributed by atoms with Crippen LogP contribution in [0.5, 0.6) is 0 Å². The highest BCUT2D eigenvalue weighted by Gasteiger charge is 2.10. The van der Waals surface area contributed by atoms with Gasteiger partial charge in [0.05, 0.1) is 18.4 Å². The zero-order chi connectivity index (χ0) is 21.5. The van der Waals surface area contributed by atoms with Crippen LogP contribution in [0.1, 0.15) is 25.0 Å². The molecule has 0 unspecified atom stereocenters. The number of aromatic nitrogens is 2. The molecule has 8 heteroatoms. The van der Waals surface area contributed by atoms with Crippen molar-refractivity contribution >= 4 is 29.0 Å². The van der Waals surface area contributed by atoms with Gasteiger partial charge < -0.3 is 16.0 Å². The van der Waals surface area contributed by atoms with Crippen molar-refractivity contribution in [3.63, 3.8) is 0 Å². The van der Waals surface area contributed by atoms with Crippen LogP contribution in [0.3, 0.4) is 0 Å². The fourth-order valence-electron chi connectivity index (χ4n) is 2.79. The molecule has 0 radical (unpaired) electrons. The second-order valence-corrected chi connectivity index (χ2v) is 7.50. The normalized spacial score (nSPS) is 10.7. The van der Waals surface area contributed by atoms with Gasteiger partial charge in [-0.15, -0.1) is 0 Å². The number of amides is 2. The SMILES string of the molecule is CC(C)NC(=O)Nc1ccc(CNc2cnn(Cc3ccccc3)c(=O)c2Cl)cc1. The highest BCUT2D eigenvalue weighted by Crippen LogP contribution is 2.17. The van der Waals surface area contributed by atoms with E-state index in [0.717, 1.165) is 11.1 Å². The van der Waals surface area contributed by atoms with Crippen LogP contribution < -0.4 is 21.5 Å². The van der Waals surface area contributed by atoms with Crippen LogP contribution in [0.2, 0.25) is 5.02 Å². The van der Waals surface area contributed by atoms with Crippen LogP contribution >= 0.6 is 11.6 Å². The van der Waals surface area contributed by atoms with E-state index in [9.17, 15) is 9.59 Å². The molecule has 3 N–H and O–H groups in total. The Morgan fingerprint density at radius 2 is 1.77 bits per heavy atom. The highest BCUT2D eigenvalue weighted by atomic mass is 35.5. The van der Waals surface area contributed by atoms with E-state index in [1.54, 1.807) is 6.20 Å². The number of carbonyl (C=O) groups excluding carboxylic acids is 1. The smallest absolute Gasteiger partial charge is 0.319 e. The summed E-state index contributed by atoms with van der Waals surface area (Å²) in [4.78, 5) is 24.3. The first kappa shape index (κ1) is 21.4. The summed E-state index contributed by atoms with van der Waals surface area (Å²) in [5.41, 5.74) is 2.76. The minimum absolute atomic E-state index is 0.0648. The average molecular weight is 426 g/mol. The summed E-state index contributed by atoms with van der Waals surface area (Å²) in [7, 11) is 0. The van der Waals surface area contributed by atoms with Crippen molar-refractivity contribution in [2.75, 3.05) is 10.6 Å². The fraction of sp³-hybridized carbons (Fsp3) is 0.227. The van der Waals surface area contributed by atoms with Crippen molar-refractivity contribution in [3.05, 3.63) is 87.3 Å². The number of hydrogen-bond acceptors (Lipinski definition) is 4. The summed E-state index contributed by atoms with van der Waals surface area (Å²) in [6.45, 7) is 4.61. The van der Waals surface area contributed by atoms with Crippen molar-refractivity contribution < 1.29 is 4.79 Å². The minimum Gasteiger partial charge on any atom is -0.378 e. The Labute approximate surface area is 180 Å². The Morgan fingerprint density at radius 3 is 2.43 bits per heavy atom. The Hall–Kier alpha value is -3.32. The quantitative estimate of drug-likeness (QED) is 0.532. The first-order valence-electron chi connectivity index (χ1n) is 9.62. The van der Waals surface area contributed by atoms with Crippen molar-refractivity contribution in [2.45, 2.75) is 33.0 Å². The Kier molecular flexibility index (Phi) is 7.08. The molecule has 0 saturated carbocycles. The van der Waals surface area contributed by atoms with Gasteiger partial charge in [0.25, 0.3) is 5.56 Å². The van der Waals surface area contributed by atoms with E-state index in [4.69, 9.17) is 11.6 Å². The van der Waals surface area contributed by atoms with E-state index < -0.39 is 0 Å². The van der Waals surface area contributed by atoms with Gasteiger partial charge in [-0.3, -0.25) is 4.79 Å². The standard InChI is InChI=1S/C22H24ClN5O2/c1-15(2)26-22(30)27-18-10-8-16(9-11-18)12-24-19-13-25-28(21(29)20(19)23)14-17-6-4-3-5-7-17/h3-11,13,15,24H,12,14H2,1-2H3,(H2,26,27,30). The van der Waals surface area contributed by atoms with Crippen LogP contribution in [-0.2, 0) is 13.1 Å². The number of benzene rings is 2. The topological polar surface area (TPSA) is 88.1 Å². The van der Waals surface area contributed by atoms with Crippen molar-refractivity contribution in [3.8, 4) is 0 Å². The van der Waals surface area contributed by atoms with Crippen molar-refractivity contribution in [2.24, 2.45) is 0 Å². The van der Waals surface area contributed by atoms with E-state index in [-0.39, 0.29) is 22.7 Å². The zero-order valence-corrected chi connectivity index (χ0v) is 17.6. The van der Waals surface area contributed by atoms with Crippen LogP contribution in [0, 0.1) is 0 Å². The van der Waals surface area contributed by atoms with Gasteiger partial charge >= 0.3 is 6.03 Å². The van der Waals surface area contributed by atoms with E-state index in [1.165, 1.54) is 4.68 Å². The molecule has 2 aromatic carbocycles. The lowest BCUT2D eigenvalue weighted by atomic mass is 10.2. The summed E-state index contributed by atoms with van der Waals surface area (Å²) >= 11 is 6.26. The van der Waals surface area contributed by atoms with Gasteiger partial charge in [0.1, 0.15) is 5.02 Å². The molecule has 156 valence electrons. The maximum absolute atomic E-state index is 12.5. The lowest BCUT2D eigenvalue weighted by Gasteiger charge is -2.12. The van der Waals surface area contributed by atoms with Crippen LogP contribution in [0.15, 0.2) is 65.6 Å². The molecule has 0 fully saturated rings. The van der Waals surface area contributed by atoms with E-state index in [2.05, 4.69) is 21.0 Å². The van der Waals surface area contributed by atoms with Gasteiger partial charge in [-0.1, -0.05) is 54.1 Å². The first-order valence-corrected chi connectivity index (χ1v) is 10.00. The lowest BCUT2D eigenvalue weighted by Crippen LogP contribution is -2.34. The molecule has 3 rings (SSSR count). The molecular weight excluding hydrogens is 402 g/mol. The van der Waals surface area contributed by atoms with E-state index in [0.29, 0.717) is 24.5 Å². The molecule has 30 heavy (non-hydrogen) atoms. The van der Waals surface area contributed by atoms with Gasteiger partial charge in [0, 0.05) is 18.3 Å². The van der Waals surface area contributed by atoms with Gasteiger partial charge in [-0.25, -0.2) is 9.48 Å². The molecule has 0 atom stereocenters. The molecule has 0 aliphatic carbocycles. The summed E-state index contributed by atoms with van der Waals surface area (Å²) in [6, 6.07) is 16.8. The van der Waals surface area contributed by atoms with Gasteiger partial charge in [-0.05, 0) is 37.1 Å². The summed E-state index contributed by atoms with van der Waals surface area (Å²) in [5.74, 6) is 0. The third-order valence-electron chi connectivity index (χ3n) is 4.27. The van der Waals surface area contributed by atoms with Gasteiger partial charge in [-0.2, -0.15) is 5.10 Å². The predicted octanol–water partition coefficient (Wildman–Crippen LogP) is 4.09. The molecule has 2 amide bonds. The number of rotatable bonds is 7. The number of nitrogens with zero attached hydrogens (tertiary/aromatic N) is 2. The molecule has 1 aromatic heterocycles. The van der Waals surface area contributed by atoms with Gasteiger partial charge in [0.15, 0.2) is 0 Å². The summed E-state index contributed by atoms with van der Waals surface area (Å²) < 4.78 is 1.34. The molecule has 0 aliphatic rings. The number of halogens is 1. The van der Waals surface area contributed by atoms with Crippen molar-refractivity contribution in [1.82, 2.24) is 15.1 Å². The number of carbonyl (C=O) groups is 1. The molecule has 1 heterocycles. The third-order valence-corrected chi connectivity index (χ3v) is 4.64. The lowest BCUT2D eigenvalue weighted by molar-refractivity contribution is 0.250. The van der Waals surface area contributed by atoms with E-state index >= 15 is 0 Å². The largest absolute Gasteiger partial charge is 0.378 e.